The molecule has 0 aliphatic carbocycles. The molecular formula is C17H32S2Sn. The summed E-state index contributed by atoms with van der Waals surface area (Å²) in [7, 11) is 0. The topological polar surface area (TPSA) is 0 Å². The van der Waals surface area contributed by atoms with Gasteiger partial charge in [-0.25, -0.2) is 0 Å². The average molecular weight is 419 g/mol. The first-order valence-corrected chi connectivity index (χ1v) is 17.9. The first kappa shape index (κ1) is 18.9. The van der Waals surface area contributed by atoms with E-state index < -0.39 is 18.4 Å². The van der Waals surface area contributed by atoms with Crippen LogP contribution in [0.5, 0.6) is 0 Å². The molecule has 0 bridgehead atoms. The fourth-order valence-corrected chi connectivity index (χ4v) is 26.5. The summed E-state index contributed by atoms with van der Waals surface area (Å²) in [5.74, 6) is 0. The van der Waals surface area contributed by atoms with Gasteiger partial charge in [0.15, 0.2) is 0 Å². The van der Waals surface area contributed by atoms with Crippen LogP contribution in [0.1, 0.15) is 59.3 Å². The molecule has 1 heterocycles. The van der Waals surface area contributed by atoms with Crippen molar-refractivity contribution in [3.8, 4) is 0 Å². The first-order chi connectivity index (χ1) is 9.74. The molecule has 0 radical (unpaired) electrons. The minimum atomic E-state index is -2.13. The molecular weight excluding hydrogens is 387 g/mol. The molecule has 20 heavy (non-hydrogen) atoms. The predicted octanol–water partition coefficient (Wildman–Crippen LogP) is 6.53. The summed E-state index contributed by atoms with van der Waals surface area (Å²) in [5, 5.41) is 2.36. The standard InChI is InChI=1S/C5H5S2.3C4H9.Sn/c1-6-5-2-3-7-4-5;3*1-3-4-2;/h2-3H,1H3;3*1,3-4H2,2H3;. The van der Waals surface area contributed by atoms with E-state index in [0.29, 0.717) is 0 Å². The van der Waals surface area contributed by atoms with Crippen LogP contribution in [0.25, 0.3) is 0 Å². The summed E-state index contributed by atoms with van der Waals surface area (Å²) < 4.78 is 6.69. The number of unbranched alkanes of at least 4 members (excludes halogenated alkanes) is 3. The zero-order chi connectivity index (χ0) is 14.8. The molecule has 1 rings (SSSR count). The molecule has 0 nitrogen and oxygen atoms in total. The summed E-state index contributed by atoms with van der Waals surface area (Å²) in [4.78, 5) is 1.63. The van der Waals surface area contributed by atoms with Crippen LogP contribution in [0.4, 0.5) is 0 Å². The van der Waals surface area contributed by atoms with Crippen LogP contribution in [-0.4, -0.2) is 24.6 Å². The number of hydrogen-bond acceptors (Lipinski definition) is 2. The Labute approximate surface area is 139 Å². The van der Waals surface area contributed by atoms with Crippen molar-refractivity contribution >= 4 is 44.4 Å². The van der Waals surface area contributed by atoms with E-state index in [1.54, 1.807) is 18.2 Å². The molecule has 0 saturated heterocycles. The second-order valence-electron chi connectivity index (χ2n) is 5.91. The Bertz CT molecular complexity index is 338. The van der Waals surface area contributed by atoms with Crippen LogP contribution in [0.2, 0.25) is 13.3 Å². The van der Waals surface area contributed by atoms with Gasteiger partial charge < -0.3 is 0 Å². The van der Waals surface area contributed by atoms with Gasteiger partial charge >= 0.3 is 140 Å². The Kier molecular flexibility index (Phi) is 9.97. The van der Waals surface area contributed by atoms with Crippen molar-refractivity contribution in [3.05, 3.63) is 11.4 Å². The third-order valence-electron chi connectivity index (χ3n) is 4.36. The first-order valence-electron chi connectivity index (χ1n) is 8.36. The summed E-state index contributed by atoms with van der Waals surface area (Å²) in [6.45, 7) is 7.08. The van der Waals surface area contributed by atoms with E-state index in [1.807, 2.05) is 14.7 Å². The summed E-state index contributed by atoms with van der Waals surface area (Å²) >= 11 is 1.97. The van der Waals surface area contributed by atoms with Crippen molar-refractivity contribution in [3.63, 3.8) is 0 Å². The number of hydrogen-bond donors (Lipinski definition) is 0. The number of thiophene rings is 1. The van der Waals surface area contributed by atoms with Gasteiger partial charge in [-0.2, -0.15) is 0 Å². The van der Waals surface area contributed by atoms with Crippen molar-refractivity contribution in [2.75, 3.05) is 6.26 Å². The van der Waals surface area contributed by atoms with Crippen LogP contribution < -0.4 is 2.89 Å². The van der Waals surface area contributed by atoms with Gasteiger partial charge in [0.1, 0.15) is 0 Å². The third kappa shape index (κ3) is 5.24. The van der Waals surface area contributed by atoms with Crippen LogP contribution in [0.15, 0.2) is 16.3 Å². The molecule has 1 aromatic heterocycles. The van der Waals surface area contributed by atoms with Gasteiger partial charge in [-0.1, -0.05) is 0 Å². The van der Waals surface area contributed by atoms with Crippen LogP contribution in [-0.2, 0) is 0 Å². The maximum atomic E-state index is 2.39. The van der Waals surface area contributed by atoms with Crippen LogP contribution >= 0.6 is 23.1 Å². The van der Waals surface area contributed by atoms with Crippen molar-refractivity contribution in [2.24, 2.45) is 0 Å². The zero-order valence-electron chi connectivity index (χ0n) is 13.8. The van der Waals surface area contributed by atoms with E-state index in [9.17, 15) is 0 Å². The fraction of sp³-hybridized carbons (Fsp3) is 0.765. The predicted molar refractivity (Wildman–Crippen MR) is 101 cm³/mol. The van der Waals surface area contributed by atoms with Gasteiger partial charge in [0.2, 0.25) is 0 Å². The second-order valence-corrected chi connectivity index (χ2v) is 21.7. The van der Waals surface area contributed by atoms with Gasteiger partial charge in [0.05, 0.1) is 0 Å². The molecule has 0 unspecified atom stereocenters. The van der Waals surface area contributed by atoms with E-state index in [2.05, 4.69) is 49.8 Å². The Morgan fingerprint density at radius 2 is 1.45 bits per heavy atom. The Morgan fingerprint density at radius 1 is 0.950 bits per heavy atom. The zero-order valence-corrected chi connectivity index (χ0v) is 18.3. The monoisotopic (exact) mass is 420 g/mol. The summed E-state index contributed by atoms with van der Waals surface area (Å²) in [5.41, 5.74) is 0. The molecule has 0 aromatic carbocycles. The SMILES string of the molecule is CCC[CH2][Sn]([CH2]CCC)([CH2]CCC)[c]1sccc1SC. The Hall–Kier alpha value is 0.849. The summed E-state index contributed by atoms with van der Waals surface area (Å²) in [6, 6.07) is 2.39. The van der Waals surface area contributed by atoms with Crippen molar-refractivity contribution in [1.82, 2.24) is 0 Å². The number of rotatable bonds is 11. The van der Waals surface area contributed by atoms with Gasteiger partial charge in [-0.3, -0.25) is 0 Å². The Morgan fingerprint density at radius 3 is 1.85 bits per heavy atom. The molecule has 116 valence electrons. The molecule has 3 heteroatoms. The van der Waals surface area contributed by atoms with E-state index in [4.69, 9.17) is 0 Å². The third-order valence-corrected chi connectivity index (χ3v) is 25.2. The molecule has 0 aliphatic rings. The molecule has 0 N–H and O–H groups in total. The quantitative estimate of drug-likeness (QED) is 0.291. The van der Waals surface area contributed by atoms with Gasteiger partial charge in [-0.05, 0) is 0 Å². The van der Waals surface area contributed by atoms with E-state index in [1.165, 1.54) is 38.5 Å². The van der Waals surface area contributed by atoms with Crippen LogP contribution in [0, 0.1) is 0 Å². The van der Waals surface area contributed by atoms with Gasteiger partial charge in [-0.15, -0.1) is 0 Å². The van der Waals surface area contributed by atoms with E-state index in [0.717, 1.165) is 0 Å². The molecule has 0 aliphatic heterocycles. The second kappa shape index (κ2) is 10.6. The average Bonchev–Trinajstić information content (AvgIpc) is 2.96. The molecule has 0 saturated carbocycles. The van der Waals surface area contributed by atoms with Crippen molar-refractivity contribution < 1.29 is 0 Å². The molecule has 0 amide bonds. The van der Waals surface area contributed by atoms with Crippen LogP contribution in [0.3, 0.4) is 0 Å². The van der Waals surface area contributed by atoms with Crippen molar-refractivity contribution in [1.29, 1.82) is 0 Å². The van der Waals surface area contributed by atoms with Gasteiger partial charge in [0.25, 0.3) is 0 Å². The summed E-state index contributed by atoms with van der Waals surface area (Å²) in [6.07, 6.45) is 10.8. The van der Waals surface area contributed by atoms with Crippen molar-refractivity contribution in [2.45, 2.75) is 77.5 Å². The fourth-order valence-electron chi connectivity index (χ4n) is 3.11. The van der Waals surface area contributed by atoms with Gasteiger partial charge in [0, 0.05) is 0 Å². The minimum absolute atomic E-state index is 1.37. The van der Waals surface area contributed by atoms with E-state index >= 15 is 0 Å². The molecule has 0 spiro atoms. The maximum absolute atomic E-state index is 2.39. The number of thioether (sulfide) groups is 1. The molecule has 0 atom stereocenters. The molecule has 1 aromatic rings. The van der Waals surface area contributed by atoms with E-state index in [-0.39, 0.29) is 0 Å². The molecule has 0 fully saturated rings. The normalized spacial score (nSPS) is 12.0. The Balaban J connectivity index is 3.04.